The van der Waals surface area contributed by atoms with Crippen LogP contribution in [0.15, 0.2) is 0 Å². The Morgan fingerprint density at radius 3 is 2.58 bits per heavy atom. The van der Waals surface area contributed by atoms with Crippen molar-refractivity contribution < 1.29 is 14.1 Å². The van der Waals surface area contributed by atoms with Gasteiger partial charge in [-0.15, -0.1) is 0 Å². The summed E-state index contributed by atoms with van der Waals surface area (Å²) in [7, 11) is 0. The van der Waals surface area contributed by atoms with Crippen molar-refractivity contribution in [3.8, 4) is 0 Å². The van der Waals surface area contributed by atoms with Crippen molar-refractivity contribution in [3.63, 3.8) is 0 Å². The molecule has 4 nitrogen and oxygen atoms in total. The summed E-state index contributed by atoms with van der Waals surface area (Å²) in [5.74, 6) is -3.55. The van der Waals surface area contributed by atoms with Crippen molar-refractivity contribution in [2.75, 3.05) is 6.61 Å². The molecule has 0 aliphatic heterocycles. The van der Waals surface area contributed by atoms with Gasteiger partial charge in [-0.1, -0.05) is 13.3 Å². The summed E-state index contributed by atoms with van der Waals surface area (Å²) >= 11 is 10.1. The van der Waals surface area contributed by atoms with Gasteiger partial charge >= 0.3 is 12.1 Å². The van der Waals surface area contributed by atoms with Crippen LogP contribution in [0.5, 0.6) is 0 Å². The molecule has 0 aromatic rings. The number of amides is 1. The van der Waals surface area contributed by atoms with Crippen LogP contribution in [-0.4, -0.2) is 12.7 Å². The van der Waals surface area contributed by atoms with Crippen molar-refractivity contribution in [2.45, 2.75) is 19.8 Å². The lowest BCUT2D eigenvalue weighted by atomic mass is 10.4. The monoisotopic (exact) mass is 233 g/mol. The Bertz CT molecular complexity index is 193. The summed E-state index contributed by atoms with van der Waals surface area (Å²) in [6, 6.07) is 0. The van der Waals surface area contributed by atoms with Crippen molar-refractivity contribution >= 4 is 34.6 Å². The smallest absolute Gasteiger partial charge is 0.414 e. The molecule has 0 aliphatic rings. The third-order valence-electron chi connectivity index (χ3n) is 0.952. The van der Waals surface area contributed by atoms with Crippen LogP contribution in [0.3, 0.4) is 0 Å². The Morgan fingerprint density at radius 1 is 1.58 bits per heavy atom. The second kappa shape index (κ2) is 5.68. The van der Waals surface area contributed by atoms with Gasteiger partial charge in [0.05, 0.1) is 6.61 Å². The van der Waals surface area contributed by atoms with E-state index in [9.17, 15) is 9.36 Å². The molecule has 0 fully saturated rings. The molecule has 0 saturated carbocycles. The molecule has 1 N–H and O–H groups in total. The van der Waals surface area contributed by atoms with E-state index in [1.807, 2.05) is 6.92 Å². The highest BCUT2D eigenvalue weighted by Crippen LogP contribution is 2.52. The van der Waals surface area contributed by atoms with E-state index in [0.29, 0.717) is 0 Å². The maximum absolute atomic E-state index is 10.7. The molecule has 0 heterocycles. The van der Waals surface area contributed by atoms with Crippen molar-refractivity contribution in [2.24, 2.45) is 0 Å². The van der Waals surface area contributed by atoms with Gasteiger partial charge in [0.15, 0.2) is 0 Å². The number of carbonyl (C=O) groups excluding carboxylic acids is 1. The zero-order chi connectivity index (χ0) is 9.61. The van der Waals surface area contributed by atoms with Crippen LogP contribution in [0.25, 0.3) is 0 Å². The molecular weight excluding hydrogens is 224 g/mol. The Balaban J connectivity index is 3.54. The Morgan fingerprint density at radius 2 is 2.17 bits per heavy atom. The highest BCUT2D eigenvalue weighted by atomic mass is 35.9. The lowest BCUT2D eigenvalue weighted by molar-refractivity contribution is 0.151. The third-order valence-corrected chi connectivity index (χ3v) is 1.90. The zero-order valence-electron chi connectivity index (χ0n) is 6.55. The summed E-state index contributed by atoms with van der Waals surface area (Å²) in [6.07, 6.45) is 0.811. The van der Waals surface area contributed by atoms with E-state index in [1.165, 1.54) is 0 Å². The van der Waals surface area contributed by atoms with Gasteiger partial charge in [-0.05, 0) is 28.9 Å². The average Bonchev–Trinajstić information content (AvgIpc) is 1.84. The minimum absolute atomic E-state index is 0.274. The van der Waals surface area contributed by atoms with Crippen molar-refractivity contribution in [3.05, 3.63) is 0 Å². The fourth-order valence-corrected chi connectivity index (χ4v) is 1.14. The fraction of sp³-hybridized carbons (Fsp3) is 0.800. The van der Waals surface area contributed by atoms with Crippen LogP contribution in [-0.2, 0) is 9.30 Å². The first-order valence-electron chi connectivity index (χ1n) is 3.40. The first-order chi connectivity index (χ1) is 5.45. The molecule has 0 aromatic heterocycles. The van der Waals surface area contributed by atoms with Crippen LogP contribution < -0.4 is 5.09 Å². The van der Waals surface area contributed by atoms with E-state index in [4.69, 9.17) is 22.5 Å². The molecule has 1 amide bonds. The number of halogens is 2. The summed E-state index contributed by atoms with van der Waals surface area (Å²) in [5.41, 5.74) is 0. The number of nitrogens with one attached hydrogen (secondary N) is 1. The van der Waals surface area contributed by atoms with Crippen molar-refractivity contribution in [1.82, 2.24) is 5.09 Å². The molecule has 7 heteroatoms. The number of ether oxygens (including phenoxy) is 1. The van der Waals surface area contributed by atoms with Crippen LogP contribution in [0.4, 0.5) is 4.79 Å². The highest BCUT2D eigenvalue weighted by Gasteiger charge is 2.17. The standard InChI is InChI=1S/C5H10Cl2NO3P/c1-2-3-4-11-5(9)8-12(6,7)10/h2-4H2,1H3,(H,8,9,10). The molecular formula is C5H10Cl2NO3P. The molecule has 0 aromatic carbocycles. The number of rotatable bonds is 4. The minimum atomic E-state index is -3.55. The van der Waals surface area contributed by atoms with Crippen LogP contribution in [0, 0.1) is 0 Å². The van der Waals surface area contributed by atoms with Gasteiger partial charge in [0.25, 0.3) is 0 Å². The zero-order valence-corrected chi connectivity index (χ0v) is 8.96. The molecule has 0 aliphatic carbocycles. The summed E-state index contributed by atoms with van der Waals surface area (Å²) in [4.78, 5) is 10.7. The second-order valence-corrected chi connectivity index (χ2v) is 6.59. The quantitative estimate of drug-likeness (QED) is 0.600. The Hall–Kier alpha value is 0.0800. The van der Waals surface area contributed by atoms with E-state index in [0.717, 1.165) is 12.8 Å². The van der Waals surface area contributed by atoms with Gasteiger partial charge in [0, 0.05) is 0 Å². The van der Waals surface area contributed by atoms with Gasteiger partial charge in [-0.25, -0.2) is 9.88 Å². The maximum atomic E-state index is 10.7. The maximum Gasteiger partial charge on any atom is 0.414 e. The molecule has 0 unspecified atom stereocenters. The fourth-order valence-electron chi connectivity index (χ4n) is 0.448. The van der Waals surface area contributed by atoms with Crippen LogP contribution in [0.1, 0.15) is 19.8 Å². The van der Waals surface area contributed by atoms with Crippen molar-refractivity contribution in [1.29, 1.82) is 0 Å². The Labute approximate surface area is 80.6 Å². The number of unbranched alkanes of at least 4 members (excludes halogenated alkanes) is 1. The predicted octanol–water partition coefficient (Wildman–Crippen LogP) is 3.10. The van der Waals surface area contributed by atoms with Gasteiger partial charge in [-0.3, -0.25) is 4.57 Å². The van der Waals surface area contributed by atoms with Crippen LogP contribution in [0.2, 0.25) is 0 Å². The number of carbonyl (C=O) groups is 1. The largest absolute Gasteiger partial charge is 0.449 e. The highest BCUT2D eigenvalue weighted by molar-refractivity contribution is 8.07. The van der Waals surface area contributed by atoms with Gasteiger partial charge in [0.2, 0.25) is 0 Å². The summed E-state index contributed by atoms with van der Waals surface area (Å²) in [5, 5.41) is 1.80. The lowest BCUT2D eigenvalue weighted by Gasteiger charge is -2.05. The predicted molar refractivity (Wildman–Crippen MR) is 48.7 cm³/mol. The molecule has 0 spiro atoms. The SMILES string of the molecule is CCCCOC(=O)NP(=O)(Cl)Cl. The van der Waals surface area contributed by atoms with E-state index in [2.05, 4.69) is 4.74 Å². The average molecular weight is 234 g/mol. The van der Waals surface area contributed by atoms with E-state index >= 15 is 0 Å². The topological polar surface area (TPSA) is 55.4 Å². The normalized spacial score (nSPS) is 10.9. The first-order valence-corrected chi connectivity index (χ1v) is 6.92. The van der Waals surface area contributed by atoms with Gasteiger partial charge in [-0.2, -0.15) is 0 Å². The van der Waals surface area contributed by atoms with E-state index in [1.54, 1.807) is 5.09 Å². The molecule has 0 bridgehead atoms. The molecule has 0 saturated heterocycles. The summed E-state index contributed by atoms with van der Waals surface area (Å²) in [6.45, 7) is 2.23. The van der Waals surface area contributed by atoms with Crippen LogP contribution >= 0.6 is 28.5 Å². The number of hydrogen-bond acceptors (Lipinski definition) is 3. The Kier molecular flexibility index (Phi) is 5.72. The van der Waals surface area contributed by atoms with Gasteiger partial charge in [0.1, 0.15) is 0 Å². The molecule has 0 atom stereocenters. The molecule has 0 rings (SSSR count). The molecule has 72 valence electrons. The van der Waals surface area contributed by atoms with Gasteiger partial charge < -0.3 is 4.74 Å². The summed E-state index contributed by atoms with van der Waals surface area (Å²) < 4.78 is 15.1. The van der Waals surface area contributed by atoms with E-state index < -0.39 is 12.1 Å². The van der Waals surface area contributed by atoms with E-state index in [-0.39, 0.29) is 6.61 Å². The lowest BCUT2D eigenvalue weighted by Crippen LogP contribution is -2.18. The minimum Gasteiger partial charge on any atom is -0.449 e. The molecule has 0 radical (unpaired) electrons. The first kappa shape index (κ1) is 12.1. The third kappa shape index (κ3) is 8.18. The molecule has 12 heavy (non-hydrogen) atoms. The second-order valence-electron chi connectivity index (χ2n) is 2.06. The number of hydrogen-bond donors (Lipinski definition) is 1.